The number of aliphatic hydroxyl groups is 1. The lowest BCUT2D eigenvalue weighted by atomic mass is 9.86. The molecule has 0 spiro atoms. The molecule has 1 aliphatic carbocycles. The number of rotatable bonds is 3. The Morgan fingerprint density at radius 3 is 2.47 bits per heavy atom. The molecule has 0 saturated heterocycles. The number of pyridine rings is 1. The van der Waals surface area contributed by atoms with E-state index in [9.17, 15) is 23.1 Å². The highest BCUT2D eigenvalue weighted by Gasteiger charge is 2.30. The number of H-pyrrole nitrogens is 1. The van der Waals surface area contributed by atoms with E-state index in [1.807, 2.05) is 0 Å². The van der Waals surface area contributed by atoms with Crippen LogP contribution in [-0.2, 0) is 13.2 Å². The monoisotopic (exact) mass is 469 g/mol. The zero-order valence-electron chi connectivity index (χ0n) is 18.3. The van der Waals surface area contributed by atoms with E-state index in [0.29, 0.717) is 40.3 Å². The normalized spacial score (nSPS) is 19.0. The summed E-state index contributed by atoms with van der Waals surface area (Å²) in [6.07, 6.45) is 1.51. The molecular formula is C24H22F3N5O2. The van der Waals surface area contributed by atoms with Crippen LogP contribution in [0.5, 0.6) is 0 Å². The highest BCUT2D eigenvalue weighted by Crippen LogP contribution is 2.35. The molecule has 1 saturated carbocycles. The molecule has 0 bridgehead atoms. The topological polar surface area (TPSA) is 96.7 Å². The molecule has 0 unspecified atom stereocenters. The van der Waals surface area contributed by atoms with Crippen molar-refractivity contribution >= 4 is 10.9 Å². The molecule has 0 amide bonds. The van der Waals surface area contributed by atoms with Gasteiger partial charge < -0.3 is 10.1 Å². The van der Waals surface area contributed by atoms with Gasteiger partial charge in [0.05, 0.1) is 28.9 Å². The summed E-state index contributed by atoms with van der Waals surface area (Å²) >= 11 is 0. The fourth-order valence-electron chi connectivity index (χ4n) is 4.49. The van der Waals surface area contributed by atoms with Crippen molar-refractivity contribution in [1.29, 1.82) is 0 Å². The van der Waals surface area contributed by atoms with Crippen molar-refractivity contribution in [1.82, 2.24) is 24.7 Å². The Morgan fingerprint density at radius 1 is 1.09 bits per heavy atom. The fourth-order valence-corrected chi connectivity index (χ4v) is 4.49. The summed E-state index contributed by atoms with van der Waals surface area (Å²) in [7, 11) is 1.75. The first-order valence-corrected chi connectivity index (χ1v) is 11.0. The van der Waals surface area contributed by atoms with Crippen LogP contribution in [0.3, 0.4) is 0 Å². The molecule has 1 aromatic carbocycles. The number of aryl methyl sites for hydroxylation is 1. The summed E-state index contributed by atoms with van der Waals surface area (Å²) in [6, 6.07) is 6.17. The van der Waals surface area contributed by atoms with Gasteiger partial charge in [-0.2, -0.15) is 18.3 Å². The Labute approximate surface area is 192 Å². The summed E-state index contributed by atoms with van der Waals surface area (Å²) < 4.78 is 40.6. The van der Waals surface area contributed by atoms with Crippen molar-refractivity contribution in [3.05, 3.63) is 64.5 Å². The van der Waals surface area contributed by atoms with Crippen LogP contribution in [0, 0.1) is 0 Å². The third-order valence-corrected chi connectivity index (χ3v) is 6.28. The highest BCUT2D eigenvalue weighted by atomic mass is 19.4. The Morgan fingerprint density at radius 2 is 1.82 bits per heavy atom. The van der Waals surface area contributed by atoms with Crippen LogP contribution < -0.4 is 5.56 Å². The molecule has 0 radical (unpaired) electrons. The predicted molar refractivity (Wildman–Crippen MR) is 120 cm³/mol. The van der Waals surface area contributed by atoms with Crippen LogP contribution in [0.1, 0.15) is 43.0 Å². The molecule has 176 valence electrons. The molecular weight excluding hydrogens is 447 g/mol. The molecule has 5 rings (SSSR count). The first-order chi connectivity index (χ1) is 16.2. The van der Waals surface area contributed by atoms with Crippen LogP contribution in [0.25, 0.3) is 33.4 Å². The molecule has 7 nitrogen and oxygen atoms in total. The molecule has 1 aliphatic rings. The molecule has 2 atom stereocenters. The number of hydrogen-bond acceptors (Lipinski definition) is 5. The molecule has 3 aromatic heterocycles. The average Bonchev–Trinajstić information content (AvgIpc) is 3.24. The van der Waals surface area contributed by atoms with Crippen molar-refractivity contribution in [2.45, 2.75) is 43.9 Å². The number of hydrogen-bond donors (Lipinski definition) is 2. The van der Waals surface area contributed by atoms with Crippen molar-refractivity contribution in [2.75, 3.05) is 0 Å². The molecule has 34 heavy (non-hydrogen) atoms. The minimum absolute atomic E-state index is 0.262. The average molecular weight is 469 g/mol. The minimum Gasteiger partial charge on any atom is -0.392 e. The van der Waals surface area contributed by atoms with Crippen molar-refractivity contribution in [3.63, 3.8) is 0 Å². The minimum atomic E-state index is -4.45. The summed E-state index contributed by atoms with van der Waals surface area (Å²) in [6.45, 7) is 0. The van der Waals surface area contributed by atoms with Gasteiger partial charge in [0.25, 0.3) is 5.56 Å². The van der Waals surface area contributed by atoms with Crippen LogP contribution in [0.15, 0.2) is 47.5 Å². The second-order valence-electron chi connectivity index (χ2n) is 8.64. The molecule has 1 fully saturated rings. The van der Waals surface area contributed by atoms with Gasteiger partial charge in [0.2, 0.25) is 0 Å². The van der Waals surface area contributed by atoms with Crippen LogP contribution in [0.4, 0.5) is 13.2 Å². The van der Waals surface area contributed by atoms with Crippen molar-refractivity contribution in [2.24, 2.45) is 7.05 Å². The second-order valence-corrected chi connectivity index (χ2v) is 8.64. The maximum Gasteiger partial charge on any atom is 0.416 e. The zero-order chi connectivity index (χ0) is 24.0. The fraction of sp³-hybridized carbons (Fsp3) is 0.333. The van der Waals surface area contributed by atoms with Gasteiger partial charge in [0, 0.05) is 30.3 Å². The first-order valence-electron chi connectivity index (χ1n) is 11.0. The lowest BCUT2D eigenvalue weighted by Crippen LogP contribution is -2.26. The van der Waals surface area contributed by atoms with Gasteiger partial charge in [-0.25, -0.2) is 9.97 Å². The van der Waals surface area contributed by atoms with Crippen LogP contribution in [-0.4, -0.2) is 35.9 Å². The van der Waals surface area contributed by atoms with E-state index in [1.54, 1.807) is 24.1 Å². The molecule has 3 heterocycles. The lowest BCUT2D eigenvalue weighted by Gasteiger charge is -2.26. The molecule has 4 aromatic rings. The SMILES string of the molecule is Cn1cc(-c2nc(-c3ccc(C(F)(F)F)cc3)cc3c(=O)[nH]c([C@H]4CCCC[C@@H]4O)nc23)cn1. The quantitative estimate of drug-likeness (QED) is 0.463. The van der Waals surface area contributed by atoms with Gasteiger partial charge in [-0.15, -0.1) is 0 Å². The van der Waals surface area contributed by atoms with E-state index in [2.05, 4.69) is 15.1 Å². The number of aromatic nitrogens is 5. The summed E-state index contributed by atoms with van der Waals surface area (Å²) in [5, 5.41) is 14.9. The summed E-state index contributed by atoms with van der Waals surface area (Å²) in [4.78, 5) is 25.3. The zero-order valence-corrected chi connectivity index (χ0v) is 18.3. The lowest BCUT2D eigenvalue weighted by molar-refractivity contribution is -0.137. The largest absolute Gasteiger partial charge is 0.416 e. The van der Waals surface area contributed by atoms with Crippen LogP contribution >= 0.6 is 0 Å². The van der Waals surface area contributed by atoms with E-state index < -0.39 is 23.4 Å². The third-order valence-electron chi connectivity index (χ3n) is 6.28. The summed E-state index contributed by atoms with van der Waals surface area (Å²) in [5.41, 5.74) is 1.01. The van der Waals surface area contributed by atoms with E-state index in [1.165, 1.54) is 18.2 Å². The second kappa shape index (κ2) is 8.35. The predicted octanol–water partition coefficient (Wildman–Crippen LogP) is 4.42. The number of halogens is 3. The van der Waals surface area contributed by atoms with E-state index in [-0.39, 0.29) is 11.3 Å². The molecule has 0 aliphatic heterocycles. The maximum atomic E-state index is 13.1. The van der Waals surface area contributed by atoms with Crippen molar-refractivity contribution < 1.29 is 18.3 Å². The maximum absolute atomic E-state index is 13.1. The number of alkyl halides is 3. The summed E-state index contributed by atoms with van der Waals surface area (Å²) in [5.74, 6) is 0.140. The first kappa shape index (κ1) is 22.3. The number of nitrogens with zero attached hydrogens (tertiary/aromatic N) is 4. The van der Waals surface area contributed by atoms with Gasteiger partial charge in [-0.05, 0) is 31.0 Å². The number of aliphatic hydroxyl groups excluding tert-OH is 1. The molecule has 2 N–H and O–H groups in total. The Kier molecular flexibility index (Phi) is 5.47. The number of nitrogens with one attached hydrogen (secondary N) is 1. The number of benzene rings is 1. The van der Waals surface area contributed by atoms with Gasteiger partial charge in [0.1, 0.15) is 17.0 Å². The van der Waals surface area contributed by atoms with E-state index in [4.69, 9.17) is 4.98 Å². The van der Waals surface area contributed by atoms with E-state index in [0.717, 1.165) is 31.4 Å². The Balaban J connectivity index is 1.70. The smallest absolute Gasteiger partial charge is 0.392 e. The number of aromatic amines is 1. The van der Waals surface area contributed by atoms with Crippen molar-refractivity contribution in [3.8, 4) is 22.5 Å². The van der Waals surface area contributed by atoms with Gasteiger partial charge in [0.15, 0.2) is 0 Å². The Hall–Kier alpha value is -3.53. The standard InChI is InChI=1S/C24H22F3N5O2/c1-32-12-14(11-28-32)20-21-17(23(34)31-22(30-21)16-4-2-3-5-19(16)33)10-18(29-20)13-6-8-15(9-7-13)24(25,26)27/h6-12,16,19,33H,2-5H2,1H3,(H,30,31,34)/t16-,19-/m0/s1. The van der Waals surface area contributed by atoms with Gasteiger partial charge in [-0.3, -0.25) is 9.48 Å². The van der Waals surface area contributed by atoms with E-state index >= 15 is 0 Å². The molecule has 10 heteroatoms. The van der Waals surface area contributed by atoms with Gasteiger partial charge >= 0.3 is 6.18 Å². The van der Waals surface area contributed by atoms with Crippen LogP contribution in [0.2, 0.25) is 0 Å². The Bertz CT molecular complexity index is 1410. The number of fused-ring (bicyclic) bond motifs is 1. The third kappa shape index (κ3) is 4.09. The van der Waals surface area contributed by atoms with Gasteiger partial charge in [-0.1, -0.05) is 25.0 Å². The highest BCUT2D eigenvalue weighted by molar-refractivity contribution is 5.93.